The van der Waals surface area contributed by atoms with Gasteiger partial charge in [-0.25, -0.2) is 5.26 Å². The van der Waals surface area contributed by atoms with Crippen molar-refractivity contribution in [3.8, 4) is 5.40 Å². The Hall–Kier alpha value is -0.330. The van der Waals surface area contributed by atoms with Gasteiger partial charge in [-0.3, -0.25) is 0 Å². The molecular weight excluding hydrogens is 216 g/mol. The van der Waals surface area contributed by atoms with E-state index < -0.39 is 0 Å². The molecule has 0 radical (unpaired) electrons. The molecule has 0 unspecified atom stereocenters. The van der Waals surface area contributed by atoms with Gasteiger partial charge in [0.15, 0.2) is 0 Å². The highest BCUT2D eigenvalue weighted by Gasteiger charge is 1.90. The van der Waals surface area contributed by atoms with Gasteiger partial charge in [0.2, 0.25) is 0 Å². The van der Waals surface area contributed by atoms with E-state index >= 15 is 0 Å². The molecule has 0 aliphatic heterocycles. The third-order valence-electron chi connectivity index (χ3n) is 2.56. The fourth-order valence-electron chi connectivity index (χ4n) is 1.63. The molecule has 0 spiro atoms. The monoisotopic (exact) mass is 243 g/mol. The highest BCUT2D eigenvalue weighted by molar-refractivity contribution is 7.64. The van der Waals surface area contributed by atoms with Crippen molar-refractivity contribution in [2.24, 2.45) is 5.73 Å². The number of thiocyanates is 1. The number of nitrogens with two attached hydrogens (primary N) is 1. The van der Waals surface area contributed by atoms with Crippen molar-refractivity contribution in [3.05, 3.63) is 0 Å². The SMILES string of the molecule is CCCCCCCCCCCCN.N#C[S-]. The molecule has 0 amide bonds. The van der Waals surface area contributed by atoms with Gasteiger partial charge in [-0.15, -0.1) is 0 Å². The molecule has 3 heteroatoms. The first-order chi connectivity index (χ1) is 7.83. The predicted octanol–water partition coefficient (Wildman–Crippen LogP) is 3.88. The van der Waals surface area contributed by atoms with Crippen LogP contribution >= 0.6 is 0 Å². The van der Waals surface area contributed by atoms with Crippen LogP contribution in [-0.4, -0.2) is 6.54 Å². The van der Waals surface area contributed by atoms with Crippen LogP contribution in [0.2, 0.25) is 0 Å². The van der Waals surface area contributed by atoms with Gasteiger partial charge in [-0.2, -0.15) is 0 Å². The van der Waals surface area contributed by atoms with Crippen LogP contribution in [-0.2, 0) is 12.6 Å². The van der Waals surface area contributed by atoms with E-state index in [2.05, 4.69) is 19.6 Å². The van der Waals surface area contributed by atoms with Gasteiger partial charge in [-0.05, 0) is 13.0 Å². The van der Waals surface area contributed by atoms with Gasteiger partial charge in [0.1, 0.15) is 0 Å². The zero-order valence-electron chi connectivity index (χ0n) is 10.7. The molecule has 0 aromatic rings. The lowest BCUT2D eigenvalue weighted by Crippen LogP contribution is -1.97. The molecule has 0 bridgehead atoms. The van der Waals surface area contributed by atoms with E-state index in [1.165, 1.54) is 69.6 Å². The first-order valence-corrected chi connectivity index (χ1v) is 6.95. The molecule has 0 heterocycles. The Morgan fingerprint density at radius 1 is 0.875 bits per heavy atom. The largest absolute Gasteiger partial charge is 0.696 e. The smallest absolute Gasteiger partial charge is 0.00773 e. The minimum Gasteiger partial charge on any atom is -0.696 e. The zero-order valence-corrected chi connectivity index (χ0v) is 11.5. The van der Waals surface area contributed by atoms with Gasteiger partial charge in [0.25, 0.3) is 0 Å². The first kappa shape index (κ1) is 18.0. The van der Waals surface area contributed by atoms with Crippen molar-refractivity contribution in [2.75, 3.05) is 6.54 Å². The number of hydrogen-bond acceptors (Lipinski definition) is 3. The van der Waals surface area contributed by atoms with Crippen molar-refractivity contribution in [2.45, 2.75) is 71.1 Å². The molecule has 2 nitrogen and oxygen atoms in total. The van der Waals surface area contributed by atoms with E-state index in [0.717, 1.165) is 6.54 Å². The first-order valence-electron chi connectivity index (χ1n) is 6.54. The molecule has 2 N–H and O–H groups in total. The van der Waals surface area contributed by atoms with Crippen LogP contribution < -0.4 is 5.73 Å². The summed E-state index contributed by atoms with van der Waals surface area (Å²) in [5.41, 5.74) is 5.42. The summed E-state index contributed by atoms with van der Waals surface area (Å²) in [7, 11) is 0. The van der Waals surface area contributed by atoms with Gasteiger partial charge in [0, 0.05) is 0 Å². The van der Waals surface area contributed by atoms with E-state index in [0.29, 0.717) is 0 Å². The second-order valence-corrected chi connectivity index (χ2v) is 4.24. The molecule has 96 valence electrons. The Morgan fingerprint density at radius 2 is 1.19 bits per heavy atom. The molecule has 16 heavy (non-hydrogen) atoms. The Labute approximate surface area is 107 Å². The highest BCUT2D eigenvalue weighted by atomic mass is 32.1. The summed E-state index contributed by atoms with van der Waals surface area (Å²) < 4.78 is 0. The number of nitriles is 1. The third-order valence-corrected chi connectivity index (χ3v) is 2.56. The topological polar surface area (TPSA) is 49.8 Å². The van der Waals surface area contributed by atoms with Crippen LogP contribution in [0.25, 0.3) is 0 Å². The van der Waals surface area contributed by atoms with Crippen molar-refractivity contribution < 1.29 is 0 Å². The number of rotatable bonds is 10. The molecule has 0 aliphatic rings. The van der Waals surface area contributed by atoms with Crippen LogP contribution in [0.5, 0.6) is 0 Å². The molecule has 0 aromatic carbocycles. The molecular formula is C13H27N2S-. The van der Waals surface area contributed by atoms with E-state index in [4.69, 9.17) is 11.0 Å². The van der Waals surface area contributed by atoms with Gasteiger partial charge >= 0.3 is 0 Å². The van der Waals surface area contributed by atoms with Crippen LogP contribution in [0.15, 0.2) is 0 Å². The minimum atomic E-state index is 0.872. The number of hydrogen-bond donors (Lipinski definition) is 1. The molecule has 0 aliphatic carbocycles. The Bertz CT molecular complexity index is 133. The quantitative estimate of drug-likeness (QED) is 0.360. The van der Waals surface area contributed by atoms with Crippen molar-refractivity contribution in [1.82, 2.24) is 0 Å². The zero-order chi connectivity index (χ0) is 12.5. The Kier molecular flexibility index (Phi) is 22.7. The summed E-state index contributed by atoms with van der Waals surface area (Å²) in [5, 5.41) is 8.47. The van der Waals surface area contributed by atoms with Crippen molar-refractivity contribution >= 4 is 12.6 Å². The molecule has 0 rings (SSSR count). The molecule has 0 fully saturated rings. The lowest BCUT2D eigenvalue weighted by Gasteiger charge is -2.00. The van der Waals surface area contributed by atoms with Crippen LogP contribution in [0.4, 0.5) is 0 Å². The summed E-state index contributed by atoms with van der Waals surface area (Å²) in [5.74, 6) is 0. The van der Waals surface area contributed by atoms with Gasteiger partial charge in [0.05, 0.1) is 0 Å². The van der Waals surface area contributed by atoms with E-state index in [9.17, 15) is 0 Å². The second kappa shape index (κ2) is 20.1. The van der Waals surface area contributed by atoms with E-state index in [1.54, 1.807) is 0 Å². The standard InChI is InChI=1S/C12H27N.CHNS/c1-2-3-4-5-6-7-8-9-10-11-12-13;2-1-3/h2-13H2,1H3;3H/p-1. The number of nitrogens with zero attached hydrogens (tertiary/aromatic N) is 1. The molecule has 0 saturated heterocycles. The van der Waals surface area contributed by atoms with Crippen molar-refractivity contribution in [3.63, 3.8) is 0 Å². The average Bonchev–Trinajstić information content (AvgIpc) is 2.28. The lowest BCUT2D eigenvalue weighted by molar-refractivity contribution is 0.558. The summed E-state index contributed by atoms with van der Waals surface area (Å²) in [6.07, 6.45) is 13.9. The maximum Gasteiger partial charge on any atom is -0.00773 e. The van der Waals surface area contributed by atoms with Gasteiger partial charge in [-0.1, -0.05) is 70.1 Å². The van der Waals surface area contributed by atoms with E-state index in [1.807, 2.05) is 0 Å². The van der Waals surface area contributed by atoms with Crippen molar-refractivity contribution in [1.29, 1.82) is 5.26 Å². The maximum atomic E-state index is 7.13. The van der Waals surface area contributed by atoms with Crippen LogP contribution in [0, 0.1) is 10.7 Å². The normalized spacial score (nSPS) is 9.06. The predicted molar refractivity (Wildman–Crippen MR) is 73.9 cm³/mol. The van der Waals surface area contributed by atoms with Crippen LogP contribution in [0.1, 0.15) is 71.1 Å². The molecule has 0 atom stereocenters. The van der Waals surface area contributed by atoms with Crippen LogP contribution in [0.3, 0.4) is 0 Å². The Balaban J connectivity index is 0. The summed E-state index contributed by atoms with van der Waals surface area (Å²) in [6, 6.07) is 0. The summed E-state index contributed by atoms with van der Waals surface area (Å²) >= 11 is 3.70. The second-order valence-electron chi connectivity index (χ2n) is 4.06. The van der Waals surface area contributed by atoms with E-state index in [-0.39, 0.29) is 0 Å². The maximum absolute atomic E-state index is 7.13. The Morgan fingerprint density at radius 3 is 1.50 bits per heavy atom. The third kappa shape index (κ3) is 23.5. The molecule has 0 aromatic heterocycles. The summed E-state index contributed by atoms with van der Waals surface area (Å²) in [4.78, 5) is 0. The fraction of sp³-hybridized carbons (Fsp3) is 0.923. The summed E-state index contributed by atoms with van der Waals surface area (Å²) in [6.45, 7) is 3.14. The molecule has 0 saturated carbocycles. The average molecular weight is 243 g/mol. The van der Waals surface area contributed by atoms with Gasteiger partial charge < -0.3 is 18.4 Å². The number of unbranched alkanes of at least 4 members (excludes halogenated alkanes) is 9. The minimum absolute atomic E-state index is 0.872. The lowest BCUT2D eigenvalue weighted by atomic mass is 10.1. The fourth-order valence-corrected chi connectivity index (χ4v) is 1.63. The highest BCUT2D eigenvalue weighted by Crippen LogP contribution is 2.09.